The van der Waals surface area contributed by atoms with Crippen molar-refractivity contribution in [2.45, 2.75) is 38.0 Å². The molecule has 0 aromatic carbocycles. The lowest BCUT2D eigenvalue weighted by Gasteiger charge is -2.42. The number of ether oxygens (including phenoxy) is 1. The SMILES string of the molecule is CCOC1CC(N)C1NS(=O)(=O)CCc1ccccn1. The van der Waals surface area contributed by atoms with Crippen LogP contribution in [0.3, 0.4) is 0 Å². The van der Waals surface area contributed by atoms with Gasteiger partial charge < -0.3 is 10.5 Å². The summed E-state index contributed by atoms with van der Waals surface area (Å²) in [4.78, 5) is 4.11. The van der Waals surface area contributed by atoms with Gasteiger partial charge in [0.2, 0.25) is 10.0 Å². The van der Waals surface area contributed by atoms with Gasteiger partial charge in [0.15, 0.2) is 0 Å². The maximum atomic E-state index is 12.1. The van der Waals surface area contributed by atoms with Gasteiger partial charge in [0.1, 0.15) is 0 Å². The van der Waals surface area contributed by atoms with Gasteiger partial charge in [-0.15, -0.1) is 0 Å². The first-order valence-corrected chi connectivity index (χ1v) is 8.44. The van der Waals surface area contributed by atoms with Crippen LogP contribution in [0.15, 0.2) is 24.4 Å². The highest BCUT2D eigenvalue weighted by Gasteiger charge is 2.41. The molecule has 1 heterocycles. The zero-order chi connectivity index (χ0) is 14.6. The van der Waals surface area contributed by atoms with Crippen molar-refractivity contribution in [3.8, 4) is 0 Å². The topological polar surface area (TPSA) is 94.3 Å². The average Bonchev–Trinajstić information content (AvgIpc) is 2.44. The monoisotopic (exact) mass is 299 g/mol. The van der Waals surface area contributed by atoms with Gasteiger partial charge in [-0.05, 0) is 25.5 Å². The number of nitrogens with one attached hydrogen (secondary N) is 1. The Hall–Kier alpha value is -1.02. The van der Waals surface area contributed by atoms with Crippen LogP contribution >= 0.6 is 0 Å². The van der Waals surface area contributed by atoms with Crippen LogP contribution in [0.25, 0.3) is 0 Å². The quantitative estimate of drug-likeness (QED) is 0.742. The third kappa shape index (κ3) is 3.99. The van der Waals surface area contributed by atoms with E-state index in [-0.39, 0.29) is 23.9 Å². The molecule has 2 rings (SSSR count). The van der Waals surface area contributed by atoms with Crippen LogP contribution in [-0.2, 0) is 21.2 Å². The van der Waals surface area contributed by atoms with Gasteiger partial charge in [0, 0.05) is 31.0 Å². The molecule has 20 heavy (non-hydrogen) atoms. The molecule has 3 N–H and O–H groups in total. The fourth-order valence-corrected chi connectivity index (χ4v) is 3.58. The van der Waals surface area contributed by atoms with Gasteiger partial charge in [-0.25, -0.2) is 13.1 Å². The predicted molar refractivity (Wildman–Crippen MR) is 76.7 cm³/mol. The van der Waals surface area contributed by atoms with E-state index in [0.717, 1.165) is 5.69 Å². The molecule has 0 radical (unpaired) electrons. The van der Waals surface area contributed by atoms with Crippen LogP contribution in [0.4, 0.5) is 0 Å². The van der Waals surface area contributed by atoms with Gasteiger partial charge in [-0.3, -0.25) is 4.98 Å². The van der Waals surface area contributed by atoms with E-state index in [9.17, 15) is 8.42 Å². The fourth-order valence-electron chi connectivity index (χ4n) is 2.24. The van der Waals surface area contributed by atoms with Crippen molar-refractivity contribution < 1.29 is 13.2 Å². The van der Waals surface area contributed by atoms with E-state index in [0.29, 0.717) is 19.4 Å². The zero-order valence-corrected chi connectivity index (χ0v) is 12.3. The highest BCUT2D eigenvalue weighted by Crippen LogP contribution is 2.23. The van der Waals surface area contributed by atoms with Gasteiger partial charge in [0.25, 0.3) is 0 Å². The molecule has 0 amide bonds. The molecule has 3 atom stereocenters. The van der Waals surface area contributed by atoms with Crippen molar-refractivity contribution in [2.24, 2.45) is 5.73 Å². The minimum absolute atomic E-state index is 0.00603. The summed E-state index contributed by atoms with van der Waals surface area (Å²) in [5.41, 5.74) is 6.60. The van der Waals surface area contributed by atoms with Gasteiger partial charge in [-0.2, -0.15) is 0 Å². The molecule has 0 bridgehead atoms. The van der Waals surface area contributed by atoms with Crippen LogP contribution in [0.5, 0.6) is 0 Å². The molecule has 1 aliphatic rings. The van der Waals surface area contributed by atoms with Crippen molar-refractivity contribution in [3.63, 3.8) is 0 Å². The number of nitrogens with zero attached hydrogens (tertiary/aromatic N) is 1. The van der Waals surface area contributed by atoms with Crippen molar-refractivity contribution >= 4 is 10.0 Å². The lowest BCUT2D eigenvalue weighted by Crippen LogP contribution is -2.64. The standard InChI is InChI=1S/C13H21N3O3S/c1-2-19-12-9-11(14)13(12)16-20(17,18)8-6-10-5-3-4-7-15-10/h3-5,7,11-13,16H,2,6,8-9,14H2,1H3. The second kappa shape index (κ2) is 6.62. The molecule has 3 unspecified atom stereocenters. The number of aromatic nitrogens is 1. The first kappa shape index (κ1) is 15.4. The zero-order valence-electron chi connectivity index (χ0n) is 11.5. The molecular formula is C13H21N3O3S. The lowest BCUT2D eigenvalue weighted by molar-refractivity contribution is -0.0248. The summed E-state index contributed by atoms with van der Waals surface area (Å²) in [5.74, 6) is 0.00603. The van der Waals surface area contributed by atoms with Crippen molar-refractivity contribution in [2.75, 3.05) is 12.4 Å². The van der Waals surface area contributed by atoms with E-state index in [1.54, 1.807) is 12.3 Å². The summed E-state index contributed by atoms with van der Waals surface area (Å²) >= 11 is 0. The van der Waals surface area contributed by atoms with E-state index < -0.39 is 10.0 Å². The van der Waals surface area contributed by atoms with E-state index in [1.807, 2.05) is 19.1 Å². The lowest BCUT2D eigenvalue weighted by atomic mass is 9.84. The summed E-state index contributed by atoms with van der Waals surface area (Å²) in [6.07, 6.45) is 2.63. The maximum absolute atomic E-state index is 12.1. The molecule has 1 aromatic rings. The summed E-state index contributed by atoms with van der Waals surface area (Å²) in [7, 11) is -3.37. The highest BCUT2D eigenvalue weighted by atomic mass is 32.2. The van der Waals surface area contributed by atoms with Crippen LogP contribution in [0, 0.1) is 0 Å². The average molecular weight is 299 g/mol. The van der Waals surface area contributed by atoms with Crippen LogP contribution < -0.4 is 10.5 Å². The number of hydrogen-bond donors (Lipinski definition) is 2. The molecule has 1 aromatic heterocycles. The van der Waals surface area contributed by atoms with Crippen LogP contribution in [-0.4, -0.2) is 43.9 Å². The number of pyridine rings is 1. The third-order valence-electron chi connectivity index (χ3n) is 3.42. The minimum Gasteiger partial charge on any atom is -0.377 e. The summed E-state index contributed by atoms with van der Waals surface area (Å²) in [6.45, 7) is 2.44. The normalized spacial score (nSPS) is 26.2. The smallest absolute Gasteiger partial charge is 0.212 e. The van der Waals surface area contributed by atoms with Crippen LogP contribution in [0.2, 0.25) is 0 Å². The molecule has 0 saturated heterocycles. The Morgan fingerprint density at radius 2 is 2.30 bits per heavy atom. The number of hydrogen-bond acceptors (Lipinski definition) is 5. The molecule has 1 fully saturated rings. The largest absolute Gasteiger partial charge is 0.377 e. The number of nitrogens with two attached hydrogens (primary N) is 1. The van der Waals surface area contributed by atoms with E-state index in [4.69, 9.17) is 10.5 Å². The molecule has 112 valence electrons. The van der Waals surface area contributed by atoms with E-state index in [1.165, 1.54) is 0 Å². The van der Waals surface area contributed by atoms with Crippen LogP contribution in [0.1, 0.15) is 19.0 Å². The van der Waals surface area contributed by atoms with Crippen molar-refractivity contribution in [3.05, 3.63) is 30.1 Å². The third-order valence-corrected chi connectivity index (χ3v) is 4.79. The Morgan fingerprint density at radius 1 is 1.50 bits per heavy atom. The van der Waals surface area contributed by atoms with Crippen molar-refractivity contribution in [1.82, 2.24) is 9.71 Å². The van der Waals surface area contributed by atoms with Gasteiger partial charge in [-0.1, -0.05) is 6.07 Å². The Balaban J connectivity index is 1.87. The molecular weight excluding hydrogens is 278 g/mol. The van der Waals surface area contributed by atoms with Gasteiger partial charge in [0.05, 0.1) is 17.9 Å². The Kier molecular flexibility index (Phi) is 5.09. The minimum atomic E-state index is -3.37. The number of rotatable bonds is 7. The second-order valence-corrected chi connectivity index (χ2v) is 6.80. The Bertz CT molecular complexity index is 519. The number of aryl methyl sites for hydroxylation is 1. The first-order chi connectivity index (χ1) is 9.52. The number of sulfonamides is 1. The van der Waals surface area contributed by atoms with E-state index in [2.05, 4.69) is 9.71 Å². The second-order valence-electron chi connectivity index (χ2n) is 4.93. The summed E-state index contributed by atoms with van der Waals surface area (Å²) in [5, 5.41) is 0. The van der Waals surface area contributed by atoms with Crippen molar-refractivity contribution in [1.29, 1.82) is 0 Å². The fraction of sp³-hybridized carbons (Fsp3) is 0.615. The summed E-state index contributed by atoms with van der Waals surface area (Å²) < 4.78 is 32.2. The molecule has 7 heteroatoms. The first-order valence-electron chi connectivity index (χ1n) is 6.79. The predicted octanol–water partition coefficient (Wildman–Crippen LogP) is 0.0482. The van der Waals surface area contributed by atoms with E-state index >= 15 is 0 Å². The molecule has 6 nitrogen and oxygen atoms in total. The Morgan fingerprint density at radius 3 is 2.90 bits per heavy atom. The summed E-state index contributed by atoms with van der Waals surface area (Å²) in [6, 6.07) is 4.97. The Labute approximate surface area is 119 Å². The van der Waals surface area contributed by atoms with Gasteiger partial charge >= 0.3 is 0 Å². The molecule has 0 spiro atoms. The maximum Gasteiger partial charge on any atom is 0.212 e. The highest BCUT2D eigenvalue weighted by molar-refractivity contribution is 7.89. The molecule has 1 saturated carbocycles. The molecule has 1 aliphatic carbocycles. The molecule has 0 aliphatic heterocycles.